The van der Waals surface area contributed by atoms with E-state index in [0.29, 0.717) is 31.9 Å². The summed E-state index contributed by atoms with van der Waals surface area (Å²) in [5.74, 6) is 3.10. The molecule has 2 N–H and O–H groups in total. The predicted octanol–water partition coefficient (Wildman–Crippen LogP) is 9.00. The number of fused-ring (bicyclic) bond motifs is 1. The van der Waals surface area contributed by atoms with Gasteiger partial charge < -0.3 is 19.9 Å². The lowest BCUT2D eigenvalue weighted by molar-refractivity contribution is 0.173. The molecule has 0 amide bonds. The second-order valence-corrected chi connectivity index (χ2v) is 13.0. The summed E-state index contributed by atoms with van der Waals surface area (Å²) in [5.41, 5.74) is 16.5. The first-order valence-corrected chi connectivity index (χ1v) is 17.4. The molecule has 6 rings (SSSR count). The monoisotopic (exact) mass is 628 g/mol. The first-order chi connectivity index (χ1) is 22.4. The average Bonchev–Trinajstić information content (AvgIpc) is 3.68. The van der Waals surface area contributed by atoms with Gasteiger partial charge in [0.05, 0.1) is 0 Å². The zero-order valence-corrected chi connectivity index (χ0v) is 28.6. The Morgan fingerprint density at radius 3 is 2.39 bits per heavy atom. The number of allylic oxidation sites excluding steroid dienone is 1. The zero-order valence-electron chi connectivity index (χ0n) is 28.6. The summed E-state index contributed by atoms with van der Waals surface area (Å²) in [6.07, 6.45) is 9.01. The van der Waals surface area contributed by atoms with Gasteiger partial charge in [0.15, 0.2) is 11.5 Å². The van der Waals surface area contributed by atoms with E-state index in [1.54, 1.807) is 23.3 Å². The van der Waals surface area contributed by atoms with Crippen LogP contribution in [0.2, 0.25) is 0 Å². The van der Waals surface area contributed by atoms with Crippen LogP contribution in [0.4, 0.5) is 4.39 Å². The second kappa shape index (κ2) is 16.0. The molecule has 2 fully saturated rings. The van der Waals surface area contributed by atoms with E-state index in [0.717, 1.165) is 62.4 Å². The van der Waals surface area contributed by atoms with Crippen LogP contribution in [0.3, 0.4) is 0 Å². The van der Waals surface area contributed by atoms with Gasteiger partial charge in [-0.1, -0.05) is 62.6 Å². The molecule has 2 aliphatic heterocycles. The number of halogens is 1. The summed E-state index contributed by atoms with van der Waals surface area (Å²) in [5, 5.41) is 0. The van der Waals surface area contributed by atoms with E-state index in [1.807, 2.05) is 0 Å². The fourth-order valence-electron chi connectivity index (χ4n) is 7.41. The smallest absolute Gasteiger partial charge is 0.231 e. The molecule has 1 saturated carbocycles. The molecule has 6 heteroatoms. The van der Waals surface area contributed by atoms with Crippen molar-refractivity contribution in [2.45, 2.75) is 97.9 Å². The minimum absolute atomic E-state index is 0.0847. The largest absolute Gasteiger partial charge is 0.492 e. The molecule has 5 nitrogen and oxygen atoms in total. The highest BCUT2D eigenvalue weighted by Crippen LogP contribution is 2.47. The molecule has 1 unspecified atom stereocenters. The number of aryl methyl sites for hydroxylation is 2. The third kappa shape index (κ3) is 7.61. The molecular formula is C40H53FN2O3. The normalized spacial score (nSPS) is 18.6. The van der Waals surface area contributed by atoms with Gasteiger partial charge in [-0.15, -0.1) is 0 Å². The van der Waals surface area contributed by atoms with E-state index in [9.17, 15) is 4.39 Å². The Kier molecular flexibility index (Phi) is 11.8. The number of likely N-dealkylation sites (tertiary alicyclic amines) is 1. The van der Waals surface area contributed by atoms with E-state index < -0.39 is 0 Å². The molecule has 3 aliphatic rings. The topological polar surface area (TPSA) is 57.0 Å². The minimum Gasteiger partial charge on any atom is -0.492 e. The van der Waals surface area contributed by atoms with E-state index in [2.05, 4.69) is 75.9 Å². The van der Waals surface area contributed by atoms with Gasteiger partial charge in [0.25, 0.3) is 0 Å². The molecule has 3 aromatic carbocycles. The fourth-order valence-corrected chi connectivity index (χ4v) is 7.41. The number of benzene rings is 3. The van der Waals surface area contributed by atoms with Crippen molar-refractivity contribution in [3.8, 4) is 17.2 Å². The van der Waals surface area contributed by atoms with Crippen LogP contribution in [-0.4, -0.2) is 37.9 Å². The lowest BCUT2D eigenvalue weighted by atomic mass is 9.88. The third-order valence-corrected chi connectivity index (χ3v) is 9.99. The number of nitrogens with two attached hydrogens (primary N) is 1. The molecule has 46 heavy (non-hydrogen) atoms. The van der Waals surface area contributed by atoms with Gasteiger partial charge in [-0.25, -0.2) is 4.39 Å². The first kappa shape index (κ1) is 34.0. The van der Waals surface area contributed by atoms with Crippen LogP contribution in [0.1, 0.15) is 105 Å². The van der Waals surface area contributed by atoms with Gasteiger partial charge in [-0.3, -0.25) is 4.90 Å². The Morgan fingerprint density at radius 1 is 1.00 bits per heavy atom. The van der Waals surface area contributed by atoms with Gasteiger partial charge in [0.2, 0.25) is 6.79 Å². The number of rotatable bonds is 11. The fraction of sp³-hybridized carbons (Fsp3) is 0.500. The van der Waals surface area contributed by atoms with Crippen molar-refractivity contribution in [3.63, 3.8) is 0 Å². The van der Waals surface area contributed by atoms with Gasteiger partial charge in [-0.2, -0.15) is 0 Å². The highest BCUT2D eigenvalue weighted by molar-refractivity contribution is 5.53. The quantitative estimate of drug-likeness (QED) is 0.215. The summed E-state index contributed by atoms with van der Waals surface area (Å²) >= 11 is 0. The van der Waals surface area contributed by atoms with Crippen molar-refractivity contribution in [1.82, 2.24) is 4.90 Å². The van der Waals surface area contributed by atoms with E-state index in [-0.39, 0.29) is 5.82 Å². The van der Waals surface area contributed by atoms with Gasteiger partial charge in [0.1, 0.15) is 18.2 Å². The van der Waals surface area contributed by atoms with E-state index in [1.165, 1.54) is 52.6 Å². The Hall–Kier alpha value is -3.35. The summed E-state index contributed by atoms with van der Waals surface area (Å²) in [6.45, 7) is 14.3. The highest BCUT2D eigenvalue weighted by Gasteiger charge is 2.37. The SMILES string of the molecule is CC(CN1CC(c2ccc3c(c2C)OCO3)C[C@@H]1c1ccccc1OCCN)=C1CCC1.CCCc1c(CC)cc(F)cc1CC. The van der Waals surface area contributed by atoms with Crippen LogP contribution in [0.5, 0.6) is 17.2 Å². The number of hydrogen-bond donors (Lipinski definition) is 1. The molecule has 0 aromatic heterocycles. The maximum absolute atomic E-state index is 13.2. The Balaban J connectivity index is 0.000000251. The lowest BCUT2D eigenvalue weighted by Gasteiger charge is -2.29. The highest BCUT2D eigenvalue weighted by atomic mass is 19.1. The summed E-state index contributed by atoms with van der Waals surface area (Å²) in [6, 6.07) is 16.5. The van der Waals surface area contributed by atoms with Gasteiger partial charge in [0, 0.05) is 31.2 Å². The summed E-state index contributed by atoms with van der Waals surface area (Å²) < 4.78 is 30.6. The molecule has 0 radical (unpaired) electrons. The average molecular weight is 629 g/mol. The standard InChI is InChI=1S/C27H34N2O3.C13H19F/c1-18(20-6-5-7-20)15-29-16-21(22-10-11-26-27(19(22)2)32-17-31-26)14-24(29)23-8-3-4-9-25(23)30-13-12-28;1-4-7-13-10(5-2)8-12(14)9-11(13)6-3/h3-4,8-11,21,24H,5-7,12-17,28H2,1-2H3;8-9H,4-7H2,1-3H3/t21?,24-;/m1./s1. The molecule has 3 aromatic rings. The van der Waals surface area contributed by atoms with E-state index >= 15 is 0 Å². The molecule has 248 valence electrons. The molecule has 0 spiro atoms. The zero-order chi connectivity index (χ0) is 32.6. The lowest BCUT2D eigenvalue weighted by Crippen LogP contribution is -2.27. The predicted molar refractivity (Wildman–Crippen MR) is 186 cm³/mol. The molecular weight excluding hydrogens is 575 g/mol. The molecule has 1 aliphatic carbocycles. The van der Waals surface area contributed by atoms with Crippen LogP contribution in [0.25, 0.3) is 0 Å². The number of hydrogen-bond acceptors (Lipinski definition) is 5. The maximum atomic E-state index is 13.2. The second-order valence-electron chi connectivity index (χ2n) is 13.0. The number of para-hydroxylation sites is 1. The van der Waals surface area contributed by atoms with Crippen LogP contribution in [0, 0.1) is 12.7 Å². The Bertz CT molecular complexity index is 1490. The van der Waals surface area contributed by atoms with Crippen LogP contribution in [0.15, 0.2) is 59.7 Å². The van der Waals surface area contributed by atoms with Crippen molar-refractivity contribution in [3.05, 3.63) is 98.9 Å². The summed E-state index contributed by atoms with van der Waals surface area (Å²) in [4.78, 5) is 2.65. The molecule has 0 bridgehead atoms. The number of nitrogens with zero attached hydrogens (tertiary/aromatic N) is 1. The molecule has 1 saturated heterocycles. The van der Waals surface area contributed by atoms with Crippen LogP contribution >= 0.6 is 0 Å². The first-order valence-electron chi connectivity index (χ1n) is 17.4. The summed E-state index contributed by atoms with van der Waals surface area (Å²) in [7, 11) is 0. The van der Waals surface area contributed by atoms with Crippen LogP contribution in [-0.2, 0) is 19.3 Å². The Morgan fingerprint density at radius 2 is 1.74 bits per heavy atom. The van der Waals surface area contributed by atoms with Crippen molar-refractivity contribution >= 4 is 0 Å². The van der Waals surface area contributed by atoms with Crippen LogP contribution < -0.4 is 19.9 Å². The van der Waals surface area contributed by atoms with Crippen molar-refractivity contribution in [2.75, 3.05) is 33.0 Å². The van der Waals surface area contributed by atoms with Crippen molar-refractivity contribution < 1.29 is 18.6 Å². The van der Waals surface area contributed by atoms with Gasteiger partial charge >= 0.3 is 0 Å². The third-order valence-electron chi connectivity index (χ3n) is 9.99. The minimum atomic E-state index is -0.0847. The maximum Gasteiger partial charge on any atom is 0.231 e. The Labute approximate surface area is 275 Å². The van der Waals surface area contributed by atoms with Crippen molar-refractivity contribution in [1.29, 1.82) is 0 Å². The number of ether oxygens (including phenoxy) is 3. The van der Waals surface area contributed by atoms with E-state index in [4.69, 9.17) is 19.9 Å². The molecule has 2 heterocycles. The van der Waals surface area contributed by atoms with Gasteiger partial charge in [-0.05, 0) is 117 Å². The van der Waals surface area contributed by atoms with Crippen molar-refractivity contribution in [2.24, 2.45) is 5.73 Å². The molecule has 2 atom stereocenters.